The number of carbonyl (C=O) groups excluding carboxylic acids is 3. The normalized spacial score (nSPS) is 12.3. The molecule has 0 rings (SSSR count). The minimum Gasteiger partial charge on any atom is -0.481 e. The predicted molar refractivity (Wildman–Crippen MR) is 196 cm³/mol. The van der Waals surface area contributed by atoms with Crippen molar-refractivity contribution in [3.05, 3.63) is 4.91 Å². The summed E-state index contributed by atoms with van der Waals surface area (Å²) >= 11 is 0. The maximum absolute atomic E-state index is 12.6. The first-order valence-corrected chi connectivity index (χ1v) is 20.0. The zero-order chi connectivity index (χ0) is 36.2. The number of hydrogen-bond acceptors (Lipinski definition) is 8. The van der Waals surface area contributed by atoms with Gasteiger partial charge in [0.05, 0.1) is 13.0 Å². The SMILES string of the molecule is CCCCCCCCCCCCCCCC(=O)OCC(CNC(=O)C(CC(=O)O)N=O)OC(=O)CCCCCCCCCCCCCCC. The van der Waals surface area contributed by atoms with Gasteiger partial charge in [0.25, 0.3) is 0 Å². The van der Waals surface area contributed by atoms with Crippen LogP contribution in [0.15, 0.2) is 5.18 Å². The average Bonchev–Trinajstić information content (AvgIpc) is 3.08. The molecule has 0 aliphatic heterocycles. The van der Waals surface area contributed by atoms with E-state index in [1.54, 1.807) is 0 Å². The van der Waals surface area contributed by atoms with Crippen LogP contribution in [0.2, 0.25) is 0 Å². The van der Waals surface area contributed by atoms with Crippen molar-refractivity contribution in [3.63, 3.8) is 0 Å². The summed E-state index contributed by atoms with van der Waals surface area (Å²) in [5.74, 6) is -3.06. The number of nitrogens with one attached hydrogen (secondary N) is 1. The third kappa shape index (κ3) is 32.4. The van der Waals surface area contributed by atoms with Gasteiger partial charge in [-0.05, 0) is 12.8 Å². The molecule has 49 heavy (non-hydrogen) atoms. The van der Waals surface area contributed by atoms with Gasteiger partial charge >= 0.3 is 17.9 Å². The summed E-state index contributed by atoms with van der Waals surface area (Å²) in [6, 6.07) is -1.60. The van der Waals surface area contributed by atoms with Crippen molar-refractivity contribution in [1.82, 2.24) is 5.32 Å². The maximum Gasteiger partial charge on any atom is 0.306 e. The molecule has 2 atom stereocenters. The van der Waals surface area contributed by atoms with E-state index in [4.69, 9.17) is 14.6 Å². The second-order valence-electron chi connectivity index (χ2n) is 13.7. The highest BCUT2D eigenvalue weighted by atomic mass is 16.6. The van der Waals surface area contributed by atoms with Crippen LogP contribution in [0.3, 0.4) is 0 Å². The highest BCUT2D eigenvalue weighted by Crippen LogP contribution is 2.15. The molecule has 0 aromatic heterocycles. The Morgan fingerprint density at radius 2 is 0.939 bits per heavy atom. The molecule has 0 radical (unpaired) electrons. The molecule has 0 aliphatic carbocycles. The summed E-state index contributed by atoms with van der Waals surface area (Å²) < 4.78 is 10.9. The Labute approximate surface area is 298 Å². The van der Waals surface area contributed by atoms with Crippen LogP contribution in [-0.2, 0) is 28.7 Å². The quantitative estimate of drug-likeness (QED) is 0.0370. The van der Waals surface area contributed by atoms with Crippen LogP contribution in [0.1, 0.15) is 200 Å². The molecule has 0 saturated heterocycles. The minimum absolute atomic E-state index is 0.215. The zero-order valence-corrected chi connectivity index (χ0v) is 31.3. The molecular formula is C39H72N2O8. The summed E-state index contributed by atoms with van der Waals surface area (Å²) in [4.78, 5) is 59.1. The monoisotopic (exact) mass is 697 g/mol. The van der Waals surface area contributed by atoms with Crippen LogP contribution in [0, 0.1) is 4.91 Å². The molecule has 0 bridgehead atoms. The van der Waals surface area contributed by atoms with Gasteiger partial charge in [-0.1, -0.05) is 173 Å². The van der Waals surface area contributed by atoms with Crippen LogP contribution < -0.4 is 5.32 Å². The summed E-state index contributed by atoms with van der Waals surface area (Å²) in [7, 11) is 0. The van der Waals surface area contributed by atoms with Crippen molar-refractivity contribution < 1.29 is 33.8 Å². The van der Waals surface area contributed by atoms with E-state index in [0.29, 0.717) is 6.42 Å². The second-order valence-corrected chi connectivity index (χ2v) is 13.7. The largest absolute Gasteiger partial charge is 0.481 e. The predicted octanol–water partition coefficient (Wildman–Crippen LogP) is 10.1. The number of carbonyl (C=O) groups is 4. The van der Waals surface area contributed by atoms with Gasteiger partial charge in [0.2, 0.25) is 5.91 Å². The lowest BCUT2D eigenvalue weighted by atomic mass is 10.0. The van der Waals surface area contributed by atoms with Gasteiger partial charge in [0, 0.05) is 12.8 Å². The van der Waals surface area contributed by atoms with E-state index in [-0.39, 0.29) is 26.0 Å². The number of nitroso groups, excluding NO2 is 1. The van der Waals surface area contributed by atoms with Crippen LogP contribution in [0.25, 0.3) is 0 Å². The number of rotatable bonds is 37. The van der Waals surface area contributed by atoms with E-state index in [9.17, 15) is 24.1 Å². The van der Waals surface area contributed by atoms with Gasteiger partial charge in [-0.15, -0.1) is 4.91 Å². The van der Waals surface area contributed by atoms with E-state index in [1.165, 1.54) is 122 Å². The number of carboxylic acid groups (broad SMARTS) is 1. The number of nitrogens with zero attached hydrogens (tertiary/aromatic N) is 1. The van der Waals surface area contributed by atoms with Gasteiger partial charge in [0.15, 0.2) is 12.1 Å². The van der Waals surface area contributed by atoms with Gasteiger partial charge < -0.3 is 19.9 Å². The third-order valence-electron chi connectivity index (χ3n) is 9.00. The Morgan fingerprint density at radius 1 is 0.571 bits per heavy atom. The smallest absolute Gasteiger partial charge is 0.306 e. The number of hydrogen-bond donors (Lipinski definition) is 2. The summed E-state index contributed by atoms with van der Waals surface area (Å²) in [6.07, 6.45) is 30.0. The number of carboxylic acids is 1. The van der Waals surface area contributed by atoms with Crippen molar-refractivity contribution >= 4 is 23.8 Å². The molecule has 1 amide bonds. The number of unbranched alkanes of at least 4 members (excludes halogenated alkanes) is 24. The Bertz CT molecular complexity index is 838. The number of amides is 1. The average molecular weight is 697 g/mol. The Morgan fingerprint density at radius 3 is 1.31 bits per heavy atom. The van der Waals surface area contributed by atoms with E-state index in [2.05, 4.69) is 24.3 Å². The molecule has 0 aromatic rings. The van der Waals surface area contributed by atoms with Crippen molar-refractivity contribution in [3.8, 4) is 0 Å². The molecule has 10 nitrogen and oxygen atoms in total. The Hall–Kier alpha value is -2.52. The second kappa shape index (κ2) is 35.3. The highest BCUT2D eigenvalue weighted by Gasteiger charge is 2.25. The summed E-state index contributed by atoms with van der Waals surface area (Å²) in [5.41, 5.74) is 0. The number of esters is 2. The van der Waals surface area contributed by atoms with E-state index in [1.807, 2.05) is 0 Å². The van der Waals surface area contributed by atoms with Crippen LogP contribution in [-0.4, -0.2) is 54.2 Å². The fraction of sp³-hybridized carbons (Fsp3) is 0.897. The van der Waals surface area contributed by atoms with Gasteiger partial charge in [-0.25, -0.2) is 0 Å². The Balaban J connectivity index is 4.34. The van der Waals surface area contributed by atoms with E-state index in [0.717, 1.165) is 38.5 Å². The van der Waals surface area contributed by atoms with Crippen molar-refractivity contribution in [2.24, 2.45) is 5.18 Å². The van der Waals surface area contributed by atoms with Crippen LogP contribution >= 0.6 is 0 Å². The highest BCUT2D eigenvalue weighted by molar-refractivity contribution is 5.86. The molecule has 0 heterocycles. The minimum atomic E-state index is -1.60. The van der Waals surface area contributed by atoms with Gasteiger partial charge in [-0.3, -0.25) is 19.2 Å². The standard InChI is InChI=1S/C39H72N2O8/c1-3-5-7-9-11-13-15-17-19-21-23-25-27-29-37(44)48-33-34(32-40-39(46)35(41-47)31-36(42)43)49-38(45)30-28-26-24-22-20-18-16-14-12-10-8-6-4-2/h34-35H,3-33H2,1-2H3,(H,40,46)(H,42,43). The molecule has 286 valence electrons. The fourth-order valence-corrected chi connectivity index (χ4v) is 5.89. The number of aliphatic carboxylic acids is 1. The maximum atomic E-state index is 12.6. The molecule has 0 aliphatic rings. The Kier molecular flexibility index (Phi) is 33.5. The van der Waals surface area contributed by atoms with E-state index >= 15 is 0 Å². The fourth-order valence-electron chi connectivity index (χ4n) is 5.89. The lowest BCUT2D eigenvalue weighted by molar-refractivity contribution is -0.159. The topological polar surface area (TPSA) is 148 Å². The van der Waals surface area contributed by atoms with Crippen LogP contribution in [0.5, 0.6) is 0 Å². The first kappa shape index (κ1) is 46.5. The van der Waals surface area contributed by atoms with Gasteiger partial charge in [-0.2, -0.15) is 0 Å². The lowest BCUT2D eigenvalue weighted by Gasteiger charge is -2.19. The molecule has 2 N–H and O–H groups in total. The summed E-state index contributed by atoms with van der Waals surface area (Å²) in [5, 5.41) is 13.9. The molecule has 0 saturated carbocycles. The lowest BCUT2D eigenvalue weighted by Crippen LogP contribution is -2.42. The molecule has 0 spiro atoms. The molecule has 10 heteroatoms. The molecule has 0 fully saturated rings. The van der Waals surface area contributed by atoms with E-state index < -0.39 is 42.4 Å². The third-order valence-corrected chi connectivity index (χ3v) is 9.00. The summed E-state index contributed by atoms with van der Waals surface area (Å²) in [6.45, 7) is 4.02. The first-order valence-electron chi connectivity index (χ1n) is 20.0. The van der Waals surface area contributed by atoms with Crippen molar-refractivity contribution in [2.75, 3.05) is 13.2 Å². The van der Waals surface area contributed by atoms with Crippen LogP contribution in [0.4, 0.5) is 0 Å². The van der Waals surface area contributed by atoms with Crippen molar-refractivity contribution in [1.29, 1.82) is 0 Å². The molecule has 2 unspecified atom stereocenters. The molecule has 0 aromatic carbocycles. The van der Waals surface area contributed by atoms with Crippen molar-refractivity contribution in [2.45, 2.75) is 212 Å². The van der Waals surface area contributed by atoms with Gasteiger partial charge in [0.1, 0.15) is 6.61 Å². The number of ether oxygens (including phenoxy) is 2. The zero-order valence-electron chi connectivity index (χ0n) is 31.3. The first-order chi connectivity index (χ1) is 23.8. The molecular weight excluding hydrogens is 624 g/mol.